The Morgan fingerprint density at radius 1 is 1.02 bits per heavy atom. The molecule has 3 aliphatic heterocycles. The van der Waals surface area contributed by atoms with E-state index in [0.29, 0.717) is 47.6 Å². The summed E-state index contributed by atoms with van der Waals surface area (Å²) in [5.74, 6) is -0.338. The third kappa shape index (κ3) is 9.62. The number of anilines is 3. The van der Waals surface area contributed by atoms with Crippen molar-refractivity contribution in [1.82, 2.24) is 24.4 Å². The normalized spacial score (nSPS) is 18.0. The number of benzene rings is 3. The minimum absolute atomic E-state index is 0.0334. The van der Waals surface area contributed by atoms with Crippen LogP contribution in [-0.4, -0.2) is 113 Å². The summed E-state index contributed by atoms with van der Waals surface area (Å²) in [7, 11) is 4.41. The van der Waals surface area contributed by atoms with E-state index in [0.717, 1.165) is 24.0 Å². The molecule has 0 aliphatic carbocycles. The van der Waals surface area contributed by atoms with Crippen molar-refractivity contribution in [2.75, 3.05) is 56.1 Å². The van der Waals surface area contributed by atoms with Crippen molar-refractivity contribution in [3.63, 3.8) is 0 Å². The Kier molecular flexibility index (Phi) is 13.5. The Morgan fingerprint density at radius 2 is 1.83 bits per heavy atom. The van der Waals surface area contributed by atoms with Gasteiger partial charge in [0, 0.05) is 50.1 Å². The lowest BCUT2D eigenvalue weighted by Crippen LogP contribution is -2.54. The molecular weight excluding hydrogens is 853 g/mol. The first-order valence-corrected chi connectivity index (χ1v) is 21.4. The fourth-order valence-electron chi connectivity index (χ4n) is 8.14. The molecule has 3 aliphatic rings. The average molecular weight is 903 g/mol. The van der Waals surface area contributed by atoms with Gasteiger partial charge in [0.1, 0.15) is 12.4 Å². The Hall–Kier alpha value is -7.51. The number of hydrogen-bond acceptors (Lipinski definition) is 13. The molecule has 344 valence electrons. The van der Waals surface area contributed by atoms with Crippen LogP contribution in [0.2, 0.25) is 0 Å². The van der Waals surface area contributed by atoms with Crippen LogP contribution in [0.1, 0.15) is 69.9 Å². The fraction of sp³-hybridized carbons (Fsp3) is 0.340. The lowest BCUT2D eigenvalue weighted by molar-refractivity contribution is -0.195. The van der Waals surface area contributed by atoms with E-state index in [2.05, 4.69) is 38.7 Å². The number of aromatic amines is 1. The van der Waals surface area contributed by atoms with E-state index in [9.17, 15) is 24.0 Å². The van der Waals surface area contributed by atoms with E-state index in [1.165, 1.54) is 42.0 Å². The maximum atomic E-state index is 14.2. The molecule has 3 unspecified atom stereocenters. The van der Waals surface area contributed by atoms with Gasteiger partial charge in [-0.3, -0.25) is 14.4 Å². The van der Waals surface area contributed by atoms with Crippen molar-refractivity contribution in [1.29, 1.82) is 0 Å². The Balaban J connectivity index is 0.900. The molecule has 5 heterocycles. The number of carbonyl (C=O) groups is 5. The predicted octanol–water partition coefficient (Wildman–Crippen LogP) is 6.59. The first kappa shape index (κ1) is 45.1. The van der Waals surface area contributed by atoms with Crippen molar-refractivity contribution in [3.05, 3.63) is 103 Å². The molecule has 0 radical (unpaired) electrons. The summed E-state index contributed by atoms with van der Waals surface area (Å²) in [5.41, 5.74) is 4.23. The van der Waals surface area contributed by atoms with Crippen LogP contribution in [0.4, 0.5) is 22.0 Å². The summed E-state index contributed by atoms with van der Waals surface area (Å²) in [6.45, 7) is 8.58. The van der Waals surface area contributed by atoms with Crippen molar-refractivity contribution < 1.29 is 52.4 Å². The highest BCUT2D eigenvalue weighted by Crippen LogP contribution is 2.43. The van der Waals surface area contributed by atoms with Crippen LogP contribution in [0.3, 0.4) is 0 Å². The van der Waals surface area contributed by atoms with Gasteiger partial charge in [-0.15, -0.1) is 0 Å². The molecule has 3 N–H and O–H groups in total. The van der Waals surface area contributed by atoms with Crippen molar-refractivity contribution in [2.45, 2.75) is 57.1 Å². The van der Waals surface area contributed by atoms with E-state index >= 15 is 0 Å². The molecule has 0 bridgehead atoms. The largest absolute Gasteiger partial charge is 0.493 e. The second-order valence-electron chi connectivity index (χ2n) is 15.9. The van der Waals surface area contributed by atoms with Gasteiger partial charge in [0.05, 0.1) is 54.7 Å². The number of aromatic nitrogens is 4. The van der Waals surface area contributed by atoms with E-state index < -0.39 is 36.5 Å². The first-order chi connectivity index (χ1) is 31.9. The highest BCUT2D eigenvalue weighted by Gasteiger charge is 2.48. The molecular formula is C47H50N8O11. The quantitative estimate of drug-likeness (QED) is 0.0575. The van der Waals surface area contributed by atoms with Crippen LogP contribution in [0.15, 0.2) is 85.6 Å². The van der Waals surface area contributed by atoms with E-state index in [1.807, 2.05) is 0 Å². The fourth-order valence-corrected chi connectivity index (χ4v) is 8.14. The Labute approximate surface area is 379 Å². The van der Waals surface area contributed by atoms with E-state index in [-0.39, 0.29) is 78.8 Å². The van der Waals surface area contributed by atoms with Gasteiger partial charge < -0.3 is 53.5 Å². The summed E-state index contributed by atoms with van der Waals surface area (Å²) in [4.78, 5) is 81.6. The zero-order chi connectivity index (χ0) is 46.5. The zero-order valence-corrected chi connectivity index (χ0v) is 36.8. The smallest absolute Gasteiger partial charge is 0.416 e. The second-order valence-corrected chi connectivity index (χ2v) is 15.9. The average Bonchev–Trinajstić information content (AvgIpc) is 4.03. The van der Waals surface area contributed by atoms with Gasteiger partial charge >= 0.3 is 12.1 Å². The number of H-pyrrole nitrogens is 1. The molecule has 5 aromatic rings. The molecule has 66 heavy (non-hydrogen) atoms. The number of rotatable bonds is 15. The number of fused-ring (bicyclic) bond motifs is 3. The molecule has 3 atom stereocenters. The molecule has 0 saturated carbocycles. The predicted molar refractivity (Wildman–Crippen MR) is 241 cm³/mol. The van der Waals surface area contributed by atoms with Crippen molar-refractivity contribution >= 4 is 58.0 Å². The van der Waals surface area contributed by atoms with Gasteiger partial charge in [-0.2, -0.15) is 0 Å². The Bertz CT molecular complexity index is 2690. The highest BCUT2D eigenvalue weighted by atomic mass is 16.7. The molecule has 3 aromatic carbocycles. The van der Waals surface area contributed by atoms with Gasteiger partial charge in [0.25, 0.3) is 11.8 Å². The summed E-state index contributed by atoms with van der Waals surface area (Å²) in [5, 5.41) is 5.56. The maximum absolute atomic E-state index is 14.2. The van der Waals surface area contributed by atoms with Gasteiger partial charge in [0.2, 0.25) is 11.7 Å². The van der Waals surface area contributed by atoms with Crippen LogP contribution in [0, 0.1) is 0 Å². The van der Waals surface area contributed by atoms with Crippen molar-refractivity contribution in [2.24, 2.45) is 7.05 Å². The lowest BCUT2D eigenvalue weighted by Gasteiger charge is -2.38. The number of aryl methyl sites for hydroxylation is 1. The molecule has 19 heteroatoms. The van der Waals surface area contributed by atoms with Crippen LogP contribution in [0.5, 0.6) is 11.5 Å². The minimum Gasteiger partial charge on any atom is -0.493 e. The minimum atomic E-state index is -0.980. The number of ether oxygens (including phenoxy) is 6. The number of nitrogens with one attached hydrogen (secondary N) is 3. The number of carbonyl (C=O) groups excluding carboxylic acids is 5. The summed E-state index contributed by atoms with van der Waals surface area (Å²) >= 11 is 0. The van der Waals surface area contributed by atoms with E-state index in [1.54, 1.807) is 60.5 Å². The molecule has 19 nitrogen and oxygen atoms in total. The molecule has 0 spiro atoms. The number of methoxy groups -OCH3 is 2. The Morgan fingerprint density at radius 3 is 2.58 bits per heavy atom. The van der Waals surface area contributed by atoms with E-state index in [4.69, 9.17) is 28.4 Å². The third-order valence-electron chi connectivity index (χ3n) is 11.3. The third-order valence-corrected chi connectivity index (χ3v) is 11.3. The van der Waals surface area contributed by atoms with Crippen LogP contribution < -0.4 is 25.0 Å². The number of imidazole rings is 2. The van der Waals surface area contributed by atoms with Gasteiger partial charge in [-0.05, 0) is 80.6 Å². The maximum Gasteiger partial charge on any atom is 0.416 e. The van der Waals surface area contributed by atoms with Crippen LogP contribution in [0.25, 0.3) is 22.4 Å². The molecule has 2 fully saturated rings. The highest BCUT2D eigenvalue weighted by molar-refractivity contribution is 6.06. The number of nitrogens with zero attached hydrogens (tertiary/aromatic N) is 5. The summed E-state index contributed by atoms with van der Waals surface area (Å²) in [6.07, 6.45) is 3.75. The van der Waals surface area contributed by atoms with Crippen molar-refractivity contribution in [3.8, 4) is 22.9 Å². The van der Waals surface area contributed by atoms with Crippen LogP contribution in [-0.2, 0) is 30.8 Å². The topological polar surface area (TPSA) is 218 Å². The SMILES string of the molecule is C=CCOC(=O)N1c2cc(OCCCC(=O)Nc3cn(C)c(C(=O)Nc4ccc(-c5nc6ccc(C(=O)OC)cc6[nH]5)cc4)n3)c(OC)cc2C(=O)N2CC(=C)CC2C1OC1CCCCO1. The number of amides is 4. The second kappa shape index (κ2) is 19.7. The zero-order valence-electron chi connectivity index (χ0n) is 36.8. The monoisotopic (exact) mass is 902 g/mol. The first-order valence-electron chi connectivity index (χ1n) is 21.4. The van der Waals surface area contributed by atoms with Gasteiger partial charge in [0.15, 0.2) is 29.8 Å². The summed E-state index contributed by atoms with van der Waals surface area (Å²) in [6, 6.07) is 14.6. The number of esters is 1. The molecule has 2 aromatic heterocycles. The number of hydrogen-bond donors (Lipinski definition) is 3. The van der Waals surface area contributed by atoms with Gasteiger partial charge in [-0.1, -0.05) is 24.8 Å². The van der Waals surface area contributed by atoms with Crippen LogP contribution >= 0.6 is 0 Å². The van der Waals surface area contributed by atoms with Gasteiger partial charge in [-0.25, -0.2) is 24.5 Å². The molecule has 8 rings (SSSR count). The molecule has 4 amide bonds. The molecule has 2 saturated heterocycles. The summed E-state index contributed by atoms with van der Waals surface area (Å²) < 4.78 is 36.1. The standard InChI is InChI=1S/C47H50N8O11/c1-6-18-65-47(60)55-34-24-37(36(61-4)23-31(34)44(58)54-25-27(2)21-35(54)45(55)66-40-11-7-8-19-64-40)63-20-9-10-39(56)51-38-26-53(3)42(52-38)43(57)48-30-15-12-28(13-16-30)41-49-32-17-14-29(46(59)62-5)22-33(32)50-41/h6,12-17,22-24,26,35,40,45H,1-2,7-11,18-21,25H2,3-5H3,(H,48,57)(H,49,50)(H,51,56). The lowest BCUT2D eigenvalue weighted by atomic mass is 10.1.